The molecule has 3 aliphatic rings. The number of likely N-dealkylation sites (tertiary alicyclic amines) is 1. The summed E-state index contributed by atoms with van der Waals surface area (Å²) in [6, 6.07) is 0.759. The van der Waals surface area contributed by atoms with E-state index in [9.17, 15) is 4.79 Å². The van der Waals surface area contributed by atoms with Crippen molar-refractivity contribution in [2.24, 2.45) is 0 Å². The number of hydrogen-bond donors (Lipinski definition) is 2. The lowest BCUT2D eigenvalue weighted by Gasteiger charge is -2.35. The number of nitrogens with zero attached hydrogens (tertiary/aromatic N) is 1. The largest absolute Gasteiger partial charge is 0.354 e. The first-order valence-corrected chi connectivity index (χ1v) is 9.75. The summed E-state index contributed by atoms with van der Waals surface area (Å²) in [5, 5.41) is 7.32. The van der Waals surface area contributed by atoms with Crippen LogP contribution >= 0.6 is 11.8 Å². The normalized spacial score (nSPS) is 32.2. The van der Waals surface area contributed by atoms with Crippen LogP contribution < -0.4 is 10.6 Å². The Morgan fingerprint density at radius 1 is 1.14 bits per heavy atom. The SMILES string of the molecule is O=C(NCC1CCCCS1)C1CCCN1C1CCNCC1. The Labute approximate surface area is 132 Å². The molecular weight excluding hydrogens is 282 g/mol. The Hall–Kier alpha value is -0.260. The van der Waals surface area contributed by atoms with Gasteiger partial charge >= 0.3 is 0 Å². The van der Waals surface area contributed by atoms with E-state index in [4.69, 9.17) is 0 Å². The van der Waals surface area contributed by atoms with E-state index in [1.807, 2.05) is 11.8 Å². The summed E-state index contributed by atoms with van der Waals surface area (Å²) in [6.45, 7) is 4.20. The highest BCUT2D eigenvalue weighted by atomic mass is 32.2. The first-order valence-electron chi connectivity index (χ1n) is 8.70. The topological polar surface area (TPSA) is 44.4 Å². The standard InChI is InChI=1S/C16H29N3OS/c20-16(18-12-14-4-1-2-11-21-14)15-5-3-10-19(15)13-6-8-17-9-7-13/h13-15,17H,1-12H2,(H,18,20). The van der Waals surface area contributed by atoms with Crippen molar-refractivity contribution in [2.75, 3.05) is 31.9 Å². The molecule has 3 fully saturated rings. The highest BCUT2D eigenvalue weighted by molar-refractivity contribution is 7.99. The molecule has 1 amide bonds. The molecule has 3 aliphatic heterocycles. The second-order valence-corrected chi connectivity index (χ2v) is 8.02. The molecule has 3 saturated heterocycles. The van der Waals surface area contributed by atoms with Crippen molar-refractivity contribution in [2.45, 2.75) is 62.3 Å². The molecule has 4 nitrogen and oxygen atoms in total. The third-order valence-electron chi connectivity index (χ3n) is 5.15. The predicted molar refractivity (Wildman–Crippen MR) is 88.7 cm³/mol. The maximum absolute atomic E-state index is 12.6. The van der Waals surface area contributed by atoms with Gasteiger partial charge in [0.15, 0.2) is 0 Å². The Morgan fingerprint density at radius 2 is 2.00 bits per heavy atom. The van der Waals surface area contributed by atoms with Crippen molar-refractivity contribution in [1.29, 1.82) is 0 Å². The molecule has 3 heterocycles. The summed E-state index contributed by atoms with van der Waals surface area (Å²) >= 11 is 2.04. The molecule has 0 radical (unpaired) electrons. The zero-order chi connectivity index (χ0) is 14.5. The molecule has 120 valence electrons. The molecule has 0 aromatic carbocycles. The first kappa shape index (κ1) is 15.6. The second-order valence-electron chi connectivity index (χ2n) is 6.61. The Balaban J connectivity index is 1.48. The Bertz CT molecular complexity index is 340. The first-order chi connectivity index (χ1) is 10.3. The van der Waals surface area contributed by atoms with Crippen molar-refractivity contribution >= 4 is 17.7 Å². The van der Waals surface area contributed by atoms with Crippen molar-refractivity contribution in [3.8, 4) is 0 Å². The van der Waals surface area contributed by atoms with Gasteiger partial charge in [0.05, 0.1) is 6.04 Å². The van der Waals surface area contributed by atoms with Crippen LogP contribution in [0.15, 0.2) is 0 Å². The van der Waals surface area contributed by atoms with E-state index in [0.717, 1.165) is 32.6 Å². The van der Waals surface area contributed by atoms with Crippen LogP contribution in [0.2, 0.25) is 0 Å². The number of thioether (sulfide) groups is 1. The maximum atomic E-state index is 12.6. The van der Waals surface area contributed by atoms with E-state index in [0.29, 0.717) is 11.3 Å². The van der Waals surface area contributed by atoms with Crippen LogP contribution in [0.1, 0.15) is 44.9 Å². The highest BCUT2D eigenvalue weighted by Crippen LogP contribution is 2.26. The van der Waals surface area contributed by atoms with Crippen LogP contribution in [0.3, 0.4) is 0 Å². The fourth-order valence-electron chi connectivity index (χ4n) is 3.95. The Kier molecular flexibility index (Phi) is 5.83. The lowest BCUT2D eigenvalue weighted by Crippen LogP contribution is -2.51. The van der Waals surface area contributed by atoms with E-state index in [2.05, 4.69) is 15.5 Å². The minimum atomic E-state index is 0.140. The van der Waals surface area contributed by atoms with Crippen LogP contribution in [0, 0.1) is 0 Å². The highest BCUT2D eigenvalue weighted by Gasteiger charge is 2.35. The number of amides is 1. The van der Waals surface area contributed by atoms with Crippen molar-refractivity contribution in [3.63, 3.8) is 0 Å². The van der Waals surface area contributed by atoms with Crippen LogP contribution in [0.5, 0.6) is 0 Å². The molecule has 0 aromatic heterocycles. The monoisotopic (exact) mass is 311 g/mol. The minimum absolute atomic E-state index is 0.140. The molecule has 2 atom stereocenters. The van der Waals surface area contributed by atoms with E-state index < -0.39 is 0 Å². The zero-order valence-electron chi connectivity index (χ0n) is 13.0. The van der Waals surface area contributed by atoms with E-state index in [-0.39, 0.29) is 11.9 Å². The molecule has 5 heteroatoms. The average molecular weight is 311 g/mol. The van der Waals surface area contributed by atoms with Crippen molar-refractivity contribution < 1.29 is 4.79 Å². The molecule has 0 spiro atoms. The average Bonchev–Trinajstić information content (AvgIpc) is 3.04. The second kappa shape index (κ2) is 7.84. The number of hydrogen-bond acceptors (Lipinski definition) is 4. The fraction of sp³-hybridized carbons (Fsp3) is 0.938. The van der Waals surface area contributed by atoms with Crippen LogP contribution in [-0.2, 0) is 4.79 Å². The molecule has 2 unspecified atom stereocenters. The number of nitrogens with one attached hydrogen (secondary N) is 2. The predicted octanol–water partition coefficient (Wildman–Crippen LogP) is 1.60. The molecule has 0 aliphatic carbocycles. The van der Waals surface area contributed by atoms with Gasteiger partial charge in [-0.1, -0.05) is 6.42 Å². The third-order valence-corrected chi connectivity index (χ3v) is 6.55. The van der Waals surface area contributed by atoms with Gasteiger partial charge in [-0.3, -0.25) is 9.69 Å². The van der Waals surface area contributed by atoms with Gasteiger partial charge in [-0.25, -0.2) is 0 Å². The molecule has 0 saturated carbocycles. The quantitative estimate of drug-likeness (QED) is 0.828. The van der Waals surface area contributed by atoms with E-state index >= 15 is 0 Å². The maximum Gasteiger partial charge on any atom is 0.237 e. The molecular formula is C16H29N3OS. The van der Waals surface area contributed by atoms with Crippen LogP contribution in [-0.4, -0.2) is 60.1 Å². The molecule has 0 bridgehead atoms. The Morgan fingerprint density at radius 3 is 2.76 bits per heavy atom. The molecule has 2 N–H and O–H groups in total. The number of rotatable bonds is 4. The lowest BCUT2D eigenvalue weighted by molar-refractivity contribution is -0.126. The zero-order valence-corrected chi connectivity index (χ0v) is 13.8. The smallest absolute Gasteiger partial charge is 0.237 e. The van der Waals surface area contributed by atoms with Gasteiger partial charge in [0.25, 0.3) is 0 Å². The minimum Gasteiger partial charge on any atom is -0.354 e. The van der Waals surface area contributed by atoms with Gasteiger partial charge in [0.2, 0.25) is 5.91 Å². The number of carbonyl (C=O) groups excluding carboxylic acids is 1. The summed E-state index contributed by atoms with van der Waals surface area (Å²) in [7, 11) is 0. The summed E-state index contributed by atoms with van der Waals surface area (Å²) in [4.78, 5) is 15.1. The fourth-order valence-corrected chi connectivity index (χ4v) is 5.19. The summed E-state index contributed by atoms with van der Waals surface area (Å²) in [6.07, 6.45) is 8.57. The summed E-state index contributed by atoms with van der Waals surface area (Å²) < 4.78 is 0. The van der Waals surface area contributed by atoms with Crippen molar-refractivity contribution in [3.05, 3.63) is 0 Å². The van der Waals surface area contributed by atoms with Crippen molar-refractivity contribution in [1.82, 2.24) is 15.5 Å². The summed E-state index contributed by atoms with van der Waals surface area (Å²) in [5.41, 5.74) is 0. The van der Waals surface area contributed by atoms with Crippen LogP contribution in [0.4, 0.5) is 0 Å². The number of carbonyl (C=O) groups is 1. The molecule has 3 rings (SSSR count). The van der Waals surface area contributed by atoms with Gasteiger partial charge in [-0.2, -0.15) is 11.8 Å². The van der Waals surface area contributed by atoms with E-state index in [1.54, 1.807) is 0 Å². The van der Waals surface area contributed by atoms with Gasteiger partial charge in [0.1, 0.15) is 0 Å². The number of piperidine rings is 1. The third kappa shape index (κ3) is 4.14. The molecule has 0 aromatic rings. The van der Waals surface area contributed by atoms with Gasteiger partial charge in [0, 0.05) is 17.8 Å². The molecule has 21 heavy (non-hydrogen) atoms. The van der Waals surface area contributed by atoms with E-state index in [1.165, 1.54) is 44.3 Å². The van der Waals surface area contributed by atoms with Gasteiger partial charge < -0.3 is 10.6 Å². The summed E-state index contributed by atoms with van der Waals surface area (Å²) in [5.74, 6) is 1.56. The van der Waals surface area contributed by atoms with Crippen LogP contribution in [0.25, 0.3) is 0 Å². The van der Waals surface area contributed by atoms with Gasteiger partial charge in [-0.05, 0) is 63.9 Å². The lowest BCUT2D eigenvalue weighted by atomic mass is 10.0. The van der Waals surface area contributed by atoms with Gasteiger partial charge in [-0.15, -0.1) is 0 Å².